The highest BCUT2D eigenvalue weighted by Crippen LogP contribution is 2.40. The van der Waals surface area contributed by atoms with Crippen LogP contribution >= 0.6 is 0 Å². The fourth-order valence-electron chi connectivity index (χ4n) is 4.47. The lowest BCUT2D eigenvalue weighted by Gasteiger charge is -2.32. The van der Waals surface area contributed by atoms with E-state index in [1.165, 1.54) is 0 Å². The molecule has 0 N–H and O–H groups in total. The number of halogens is 3. The summed E-state index contributed by atoms with van der Waals surface area (Å²) in [5.41, 5.74) is 5.95. The Morgan fingerprint density at radius 2 is 2.00 bits per heavy atom. The molecule has 3 aromatic rings. The van der Waals surface area contributed by atoms with Gasteiger partial charge in [0.25, 0.3) is 0 Å². The van der Waals surface area contributed by atoms with Crippen LogP contribution in [0, 0.1) is 12.8 Å². The zero-order valence-corrected chi connectivity index (χ0v) is 18.6. The molecule has 1 aliphatic heterocycles. The molecule has 2 aliphatic carbocycles. The van der Waals surface area contributed by atoms with E-state index in [1.807, 2.05) is 41.0 Å². The van der Waals surface area contributed by atoms with Crippen LogP contribution in [-0.2, 0) is 4.74 Å². The molecule has 10 heteroatoms. The van der Waals surface area contributed by atoms with Crippen molar-refractivity contribution >= 4 is 22.6 Å². The quantitative estimate of drug-likeness (QED) is 0.523. The van der Waals surface area contributed by atoms with Crippen molar-refractivity contribution in [3.05, 3.63) is 53.3 Å². The molecule has 0 bridgehead atoms. The van der Waals surface area contributed by atoms with Gasteiger partial charge in [-0.05, 0) is 44.4 Å². The Labute approximate surface area is 194 Å². The summed E-state index contributed by atoms with van der Waals surface area (Å²) < 4.78 is 47.9. The Hall–Kier alpha value is -3.23. The van der Waals surface area contributed by atoms with Gasteiger partial charge in [0, 0.05) is 35.0 Å². The number of pyridine rings is 1. The predicted octanol–water partition coefficient (Wildman–Crippen LogP) is 4.56. The summed E-state index contributed by atoms with van der Waals surface area (Å²) in [5, 5.41) is 5.09. The third-order valence-corrected chi connectivity index (χ3v) is 6.54. The molecule has 176 valence electrons. The second-order valence-electron chi connectivity index (χ2n) is 9.13. The highest BCUT2D eigenvalue weighted by Gasteiger charge is 2.40. The van der Waals surface area contributed by atoms with E-state index in [2.05, 4.69) is 20.8 Å². The molecule has 3 aromatic heterocycles. The molecule has 2 atom stereocenters. The molecule has 0 amide bonds. The van der Waals surface area contributed by atoms with Gasteiger partial charge < -0.3 is 9.64 Å². The number of aryl methyl sites for hydroxylation is 1. The van der Waals surface area contributed by atoms with Gasteiger partial charge >= 0.3 is 6.18 Å². The fourth-order valence-corrected chi connectivity index (χ4v) is 4.47. The van der Waals surface area contributed by atoms with E-state index in [4.69, 9.17) is 9.72 Å². The summed E-state index contributed by atoms with van der Waals surface area (Å²) in [7, 11) is 0. The smallest absolute Gasteiger partial charge is 0.370 e. The zero-order chi connectivity index (χ0) is 23.4. The molecular formula is C24H23F3N6O. The highest BCUT2D eigenvalue weighted by molar-refractivity contribution is 5.89. The average Bonchev–Trinajstić information content (AvgIpc) is 3.32. The van der Waals surface area contributed by atoms with Crippen LogP contribution in [0.5, 0.6) is 0 Å². The predicted molar refractivity (Wildman–Crippen MR) is 119 cm³/mol. The minimum Gasteiger partial charge on any atom is -0.370 e. The number of rotatable bonds is 4. The molecule has 0 spiro atoms. The number of alkyl halides is 3. The van der Waals surface area contributed by atoms with E-state index in [-0.39, 0.29) is 12.5 Å². The lowest BCUT2D eigenvalue weighted by atomic mass is 10.0. The van der Waals surface area contributed by atoms with Crippen molar-refractivity contribution in [1.29, 1.82) is 0 Å². The van der Waals surface area contributed by atoms with Crippen LogP contribution in [0.4, 0.5) is 19.1 Å². The Balaban J connectivity index is 1.33. The van der Waals surface area contributed by atoms with Gasteiger partial charge in [-0.1, -0.05) is 0 Å². The van der Waals surface area contributed by atoms with Crippen LogP contribution in [0.25, 0.3) is 16.6 Å². The molecule has 3 aliphatic rings. The van der Waals surface area contributed by atoms with Gasteiger partial charge in [0.2, 0.25) is 5.95 Å². The van der Waals surface area contributed by atoms with Gasteiger partial charge in [0.1, 0.15) is 6.10 Å². The number of hydrogen-bond donors (Lipinski definition) is 0. The average molecular weight is 468 g/mol. The maximum Gasteiger partial charge on any atom is 0.396 e. The second kappa shape index (κ2) is 7.92. The molecule has 4 heterocycles. The first-order valence-electron chi connectivity index (χ1n) is 11.4. The number of anilines is 1. The summed E-state index contributed by atoms with van der Waals surface area (Å²) in [6, 6.07) is 4.13. The van der Waals surface area contributed by atoms with Gasteiger partial charge in [-0.15, -0.1) is 5.73 Å². The highest BCUT2D eigenvalue weighted by atomic mass is 19.4. The first kappa shape index (κ1) is 21.3. The van der Waals surface area contributed by atoms with Crippen LogP contribution in [0.1, 0.15) is 48.4 Å². The van der Waals surface area contributed by atoms with Crippen LogP contribution in [-0.4, -0.2) is 50.6 Å². The monoisotopic (exact) mass is 468 g/mol. The SMILES string of the molecule is Cc1ccc2c(C3=C=CC(C(F)(F)F)C3)nc(N3CCO[C@@H](c4cnn(C5CC5)c4)C3)nc2n1. The maximum absolute atomic E-state index is 13.3. The van der Waals surface area contributed by atoms with Crippen molar-refractivity contribution in [3.63, 3.8) is 0 Å². The molecule has 2 fully saturated rings. The second-order valence-corrected chi connectivity index (χ2v) is 9.13. The maximum atomic E-state index is 13.3. The van der Waals surface area contributed by atoms with E-state index in [0.29, 0.717) is 54.0 Å². The lowest BCUT2D eigenvalue weighted by molar-refractivity contribution is -0.158. The standard InChI is InChI=1S/C24H23F3N6O/c1-14-2-7-19-21(15-3-4-17(10-15)24(25,26)27)30-23(31-22(19)29-14)32-8-9-34-20(13-32)16-11-28-33(12-16)18-5-6-18/h2,4,7,11-12,17-18,20H,5-6,8-10,13H2,1H3/t17?,20-/m1/s1. The molecule has 7 nitrogen and oxygen atoms in total. The van der Waals surface area contributed by atoms with Crippen molar-refractivity contribution in [2.75, 3.05) is 24.6 Å². The van der Waals surface area contributed by atoms with Crippen LogP contribution in [0.15, 0.2) is 36.3 Å². The van der Waals surface area contributed by atoms with Gasteiger partial charge in [0.15, 0.2) is 5.65 Å². The number of allylic oxidation sites excluding steroid dienone is 1. The third kappa shape index (κ3) is 3.97. The number of nitrogens with zero attached hydrogens (tertiary/aromatic N) is 6. The Morgan fingerprint density at radius 1 is 1.15 bits per heavy atom. The molecule has 1 unspecified atom stereocenters. The summed E-state index contributed by atoms with van der Waals surface area (Å²) in [6.07, 6.45) is 2.59. The van der Waals surface area contributed by atoms with Gasteiger partial charge in [-0.2, -0.15) is 23.3 Å². The first-order valence-corrected chi connectivity index (χ1v) is 11.4. The largest absolute Gasteiger partial charge is 0.396 e. The molecular weight excluding hydrogens is 445 g/mol. The summed E-state index contributed by atoms with van der Waals surface area (Å²) in [5.74, 6) is -1.11. The van der Waals surface area contributed by atoms with Crippen LogP contribution < -0.4 is 4.90 Å². The normalized spacial score (nSPS) is 23.1. The number of fused-ring (bicyclic) bond motifs is 1. The summed E-state index contributed by atoms with van der Waals surface area (Å²) >= 11 is 0. The number of hydrogen-bond acceptors (Lipinski definition) is 6. The van der Waals surface area contributed by atoms with Crippen LogP contribution in [0.3, 0.4) is 0 Å². The van der Waals surface area contributed by atoms with E-state index in [9.17, 15) is 13.2 Å². The van der Waals surface area contributed by atoms with E-state index in [1.54, 1.807) is 0 Å². The van der Waals surface area contributed by atoms with Crippen molar-refractivity contribution in [3.8, 4) is 0 Å². The lowest BCUT2D eigenvalue weighted by Crippen LogP contribution is -2.39. The molecule has 34 heavy (non-hydrogen) atoms. The minimum absolute atomic E-state index is 0.185. The molecule has 0 aromatic carbocycles. The van der Waals surface area contributed by atoms with Gasteiger partial charge in [-0.25, -0.2) is 9.97 Å². The molecule has 6 rings (SSSR count). The minimum atomic E-state index is -4.31. The Morgan fingerprint density at radius 3 is 2.76 bits per heavy atom. The number of ether oxygens (including phenoxy) is 1. The van der Waals surface area contributed by atoms with Crippen molar-refractivity contribution in [2.24, 2.45) is 5.92 Å². The zero-order valence-electron chi connectivity index (χ0n) is 18.6. The van der Waals surface area contributed by atoms with E-state index >= 15 is 0 Å². The number of aromatic nitrogens is 5. The summed E-state index contributed by atoms with van der Waals surface area (Å²) in [6.45, 7) is 3.44. The van der Waals surface area contributed by atoms with E-state index in [0.717, 1.165) is 30.2 Å². The topological polar surface area (TPSA) is 69.0 Å². The van der Waals surface area contributed by atoms with E-state index < -0.39 is 12.1 Å². The van der Waals surface area contributed by atoms with Gasteiger partial charge in [0.05, 0.1) is 37.0 Å². The Kier molecular flexibility index (Phi) is 4.97. The summed E-state index contributed by atoms with van der Waals surface area (Å²) in [4.78, 5) is 16.0. The van der Waals surface area contributed by atoms with Crippen molar-refractivity contribution in [2.45, 2.75) is 44.5 Å². The first-order chi connectivity index (χ1) is 16.3. The van der Waals surface area contributed by atoms with Crippen molar-refractivity contribution in [1.82, 2.24) is 24.7 Å². The number of morpholine rings is 1. The van der Waals surface area contributed by atoms with Crippen LogP contribution in [0.2, 0.25) is 0 Å². The fraction of sp³-hybridized carbons (Fsp3) is 0.458. The molecule has 1 saturated carbocycles. The third-order valence-electron chi connectivity index (χ3n) is 6.54. The molecule has 1 saturated heterocycles. The van der Waals surface area contributed by atoms with Crippen molar-refractivity contribution < 1.29 is 17.9 Å². The molecule has 0 radical (unpaired) electrons. The van der Waals surface area contributed by atoms with Gasteiger partial charge in [-0.3, -0.25) is 4.68 Å². The Bertz CT molecular complexity index is 1320.